The lowest BCUT2D eigenvalue weighted by Crippen LogP contribution is -2.20. The van der Waals surface area contributed by atoms with E-state index in [1.807, 2.05) is 24.3 Å². The van der Waals surface area contributed by atoms with Gasteiger partial charge in [-0.1, -0.05) is 37.3 Å². The number of ether oxygens (including phenoxy) is 1. The highest BCUT2D eigenvalue weighted by molar-refractivity contribution is 7.92. The number of hydrogen-bond acceptors (Lipinski definition) is 4. The van der Waals surface area contributed by atoms with Crippen molar-refractivity contribution in [2.24, 2.45) is 0 Å². The molecule has 0 aliphatic carbocycles. The molecule has 0 aliphatic heterocycles. The molecule has 3 aromatic rings. The summed E-state index contributed by atoms with van der Waals surface area (Å²) in [5.41, 5.74) is 2.16. The molecule has 0 fully saturated rings. The number of anilines is 2. The topological polar surface area (TPSA) is 84.5 Å². The highest BCUT2D eigenvalue weighted by atomic mass is 32.2. The molecule has 0 spiro atoms. The van der Waals surface area contributed by atoms with Gasteiger partial charge in [0.1, 0.15) is 5.75 Å². The summed E-state index contributed by atoms with van der Waals surface area (Å²) in [4.78, 5) is 12.2. The second-order valence-electron chi connectivity index (χ2n) is 6.33. The van der Waals surface area contributed by atoms with Gasteiger partial charge in [0, 0.05) is 11.4 Å². The fraction of sp³-hybridized carbons (Fsp3) is 0.136. The predicted molar refractivity (Wildman–Crippen MR) is 114 cm³/mol. The lowest BCUT2D eigenvalue weighted by Gasteiger charge is -2.10. The maximum atomic E-state index is 12.4. The maximum Gasteiger partial charge on any atom is 0.262 e. The Morgan fingerprint density at radius 2 is 1.52 bits per heavy atom. The molecular weight excluding hydrogens is 388 g/mol. The average molecular weight is 410 g/mol. The normalized spacial score (nSPS) is 10.9. The van der Waals surface area contributed by atoms with E-state index in [4.69, 9.17) is 4.74 Å². The second kappa shape index (κ2) is 9.25. The zero-order valence-corrected chi connectivity index (χ0v) is 16.8. The van der Waals surface area contributed by atoms with E-state index in [2.05, 4.69) is 17.0 Å². The minimum absolute atomic E-state index is 0.103. The Balaban J connectivity index is 1.56. The van der Waals surface area contributed by atoms with E-state index in [1.54, 1.807) is 30.3 Å². The summed E-state index contributed by atoms with van der Waals surface area (Å²) in [6.45, 7) is 1.93. The van der Waals surface area contributed by atoms with Crippen molar-refractivity contribution in [3.05, 3.63) is 84.4 Å². The molecule has 0 radical (unpaired) electrons. The first-order valence-corrected chi connectivity index (χ1v) is 10.6. The number of hydrogen-bond donors (Lipinski definition) is 2. The molecule has 3 aromatic carbocycles. The van der Waals surface area contributed by atoms with Crippen molar-refractivity contribution in [3.8, 4) is 5.75 Å². The van der Waals surface area contributed by atoms with Crippen LogP contribution >= 0.6 is 0 Å². The molecule has 0 atom stereocenters. The molecule has 0 aliphatic rings. The third-order valence-corrected chi connectivity index (χ3v) is 5.57. The molecule has 0 saturated carbocycles. The van der Waals surface area contributed by atoms with Gasteiger partial charge in [-0.15, -0.1) is 0 Å². The van der Waals surface area contributed by atoms with E-state index in [9.17, 15) is 13.2 Å². The number of benzene rings is 3. The quantitative estimate of drug-likeness (QED) is 0.586. The van der Waals surface area contributed by atoms with Crippen molar-refractivity contribution in [1.29, 1.82) is 0 Å². The van der Waals surface area contributed by atoms with Gasteiger partial charge in [-0.25, -0.2) is 8.42 Å². The predicted octanol–water partition coefficient (Wildman–Crippen LogP) is 4.07. The van der Waals surface area contributed by atoms with Gasteiger partial charge in [0.2, 0.25) is 0 Å². The standard InChI is InChI=1S/C22H22N2O4S/c1-2-17-8-12-20(13-9-17)28-16-22(25)23-18-10-14-21(15-11-18)29(26,27)24-19-6-4-3-5-7-19/h3-15,24H,2,16H2,1H3,(H,23,25). The van der Waals surface area contributed by atoms with Crippen molar-refractivity contribution < 1.29 is 17.9 Å². The van der Waals surface area contributed by atoms with Crippen LogP contribution in [0, 0.1) is 0 Å². The van der Waals surface area contributed by atoms with Gasteiger partial charge >= 0.3 is 0 Å². The van der Waals surface area contributed by atoms with Crippen molar-refractivity contribution in [2.75, 3.05) is 16.6 Å². The number of rotatable bonds is 8. The molecular formula is C22H22N2O4S. The van der Waals surface area contributed by atoms with Gasteiger partial charge in [0.05, 0.1) is 4.90 Å². The number of carbonyl (C=O) groups is 1. The van der Waals surface area contributed by atoms with Crippen LogP contribution in [0.2, 0.25) is 0 Å². The van der Waals surface area contributed by atoms with Crippen LogP contribution in [0.15, 0.2) is 83.8 Å². The van der Waals surface area contributed by atoms with Gasteiger partial charge in [0.15, 0.2) is 6.61 Å². The lowest BCUT2D eigenvalue weighted by molar-refractivity contribution is -0.118. The Hall–Kier alpha value is -3.32. The average Bonchev–Trinajstić information content (AvgIpc) is 2.73. The molecule has 0 heterocycles. The van der Waals surface area contributed by atoms with E-state index in [1.165, 1.54) is 29.8 Å². The van der Waals surface area contributed by atoms with E-state index >= 15 is 0 Å². The van der Waals surface area contributed by atoms with Crippen LogP contribution < -0.4 is 14.8 Å². The van der Waals surface area contributed by atoms with Crippen LogP contribution in [0.25, 0.3) is 0 Å². The van der Waals surface area contributed by atoms with Gasteiger partial charge in [0.25, 0.3) is 15.9 Å². The Labute approximate surface area is 170 Å². The zero-order valence-electron chi connectivity index (χ0n) is 16.0. The summed E-state index contributed by atoms with van der Waals surface area (Å²) in [7, 11) is -3.70. The van der Waals surface area contributed by atoms with Crippen LogP contribution in [0.3, 0.4) is 0 Å². The van der Waals surface area contributed by atoms with Gasteiger partial charge in [-0.3, -0.25) is 9.52 Å². The fourth-order valence-corrected chi connectivity index (χ4v) is 3.66. The molecule has 0 bridgehead atoms. The molecule has 7 heteroatoms. The van der Waals surface area contributed by atoms with Crippen molar-refractivity contribution in [1.82, 2.24) is 0 Å². The van der Waals surface area contributed by atoms with Gasteiger partial charge in [-0.2, -0.15) is 0 Å². The third-order valence-electron chi connectivity index (χ3n) is 4.18. The van der Waals surface area contributed by atoms with Crippen LogP contribution in [-0.4, -0.2) is 20.9 Å². The summed E-state index contributed by atoms with van der Waals surface area (Å²) < 4.78 is 32.8. The Morgan fingerprint density at radius 1 is 0.862 bits per heavy atom. The van der Waals surface area contributed by atoms with E-state index in [0.29, 0.717) is 17.1 Å². The molecule has 0 unspecified atom stereocenters. The number of amides is 1. The Morgan fingerprint density at radius 3 is 2.14 bits per heavy atom. The maximum absolute atomic E-state index is 12.4. The van der Waals surface area contributed by atoms with Crippen molar-refractivity contribution >= 4 is 27.3 Å². The zero-order chi connectivity index (χ0) is 20.7. The molecule has 3 rings (SSSR count). The summed E-state index contributed by atoms with van der Waals surface area (Å²) in [6.07, 6.45) is 0.938. The molecule has 6 nitrogen and oxygen atoms in total. The van der Waals surface area contributed by atoms with Crippen molar-refractivity contribution in [3.63, 3.8) is 0 Å². The smallest absolute Gasteiger partial charge is 0.262 e. The minimum atomic E-state index is -3.70. The second-order valence-corrected chi connectivity index (χ2v) is 8.01. The molecule has 0 aromatic heterocycles. The summed E-state index contributed by atoms with van der Waals surface area (Å²) in [5.74, 6) is 0.286. The summed E-state index contributed by atoms with van der Waals surface area (Å²) >= 11 is 0. The molecule has 1 amide bonds. The van der Waals surface area contributed by atoms with Crippen LogP contribution in [0.4, 0.5) is 11.4 Å². The Bertz CT molecular complexity index is 1050. The number of carbonyl (C=O) groups excluding carboxylic acids is 1. The third kappa shape index (κ3) is 5.83. The van der Waals surface area contributed by atoms with Crippen LogP contribution in [-0.2, 0) is 21.2 Å². The molecule has 0 saturated heterocycles. The highest BCUT2D eigenvalue weighted by Crippen LogP contribution is 2.18. The number of aryl methyl sites for hydroxylation is 1. The molecule has 2 N–H and O–H groups in total. The van der Waals surface area contributed by atoms with Crippen LogP contribution in [0.1, 0.15) is 12.5 Å². The largest absolute Gasteiger partial charge is 0.484 e. The van der Waals surface area contributed by atoms with Gasteiger partial charge in [-0.05, 0) is 60.5 Å². The minimum Gasteiger partial charge on any atom is -0.484 e. The molecule has 150 valence electrons. The molecule has 29 heavy (non-hydrogen) atoms. The van der Waals surface area contributed by atoms with E-state index < -0.39 is 10.0 Å². The first-order valence-electron chi connectivity index (χ1n) is 9.16. The van der Waals surface area contributed by atoms with E-state index in [-0.39, 0.29) is 17.4 Å². The number of sulfonamides is 1. The summed E-state index contributed by atoms with van der Waals surface area (Å²) in [5, 5.41) is 2.68. The first-order chi connectivity index (χ1) is 14.0. The van der Waals surface area contributed by atoms with Gasteiger partial charge < -0.3 is 10.1 Å². The number of para-hydroxylation sites is 1. The summed E-state index contributed by atoms with van der Waals surface area (Å²) in [6, 6.07) is 22.1. The number of nitrogens with one attached hydrogen (secondary N) is 2. The van der Waals surface area contributed by atoms with Crippen LogP contribution in [0.5, 0.6) is 5.75 Å². The lowest BCUT2D eigenvalue weighted by atomic mass is 10.2. The SMILES string of the molecule is CCc1ccc(OCC(=O)Nc2ccc(S(=O)(=O)Nc3ccccc3)cc2)cc1. The van der Waals surface area contributed by atoms with E-state index in [0.717, 1.165) is 6.42 Å². The fourth-order valence-electron chi connectivity index (χ4n) is 2.61. The first kappa shape index (κ1) is 20.4. The van der Waals surface area contributed by atoms with Crippen molar-refractivity contribution in [2.45, 2.75) is 18.2 Å². The highest BCUT2D eigenvalue weighted by Gasteiger charge is 2.14. The monoisotopic (exact) mass is 410 g/mol. The Kier molecular flexibility index (Phi) is 6.51.